The topological polar surface area (TPSA) is 122 Å². The number of hydrogen-bond acceptors (Lipinski definition) is 8. The van der Waals surface area contributed by atoms with E-state index in [2.05, 4.69) is 15.2 Å². The van der Waals surface area contributed by atoms with Crippen LogP contribution >= 0.6 is 21.9 Å². The molecule has 12 heteroatoms. The lowest BCUT2D eigenvalue weighted by atomic mass is 9.75. The van der Waals surface area contributed by atoms with Crippen molar-refractivity contribution >= 4 is 33.5 Å². The molecule has 1 aliphatic carbocycles. The number of benzene rings is 1. The van der Waals surface area contributed by atoms with E-state index in [1.807, 2.05) is 30.3 Å². The molecule has 1 aromatic carbocycles. The van der Waals surface area contributed by atoms with Crippen LogP contribution in [-0.4, -0.2) is 61.8 Å². The monoisotopic (exact) mass is 587 g/mol. The molecule has 0 bridgehead atoms. The van der Waals surface area contributed by atoms with Crippen molar-refractivity contribution in [3.8, 4) is 27.2 Å². The van der Waals surface area contributed by atoms with Gasteiger partial charge in [-0.15, -0.1) is 11.3 Å². The third-order valence-corrected chi connectivity index (χ3v) is 10.3. The molecule has 0 spiro atoms. The Morgan fingerprint density at radius 2 is 1.93 bits per heavy atom. The van der Waals surface area contributed by atoms with Gasteiger partial charge in [0.25, 0.3) is 0 Å². The maximum absolute atomic E-state index is 14.6. The maximum Gasteiger partial charge on any atom is 0.224 e. The summed E-state index contributed by atoms with van der Waals surface area (Å²) < 4.78 is 48.0. The van der Waals surface area contributed by atoms with E-state index in [0.29, 0.717) is 53.8 Å². The van der Waals surface area contributed by atoms with Crippen LogP contribution in [0.3, 0.4) is 0 Å². The van der Waals surface area contributed by atoms with Gasteiger partial charge in [-0.2, -0.15) is 15.9 Å². The molecule has 5 rings (SSSR count). The molecule has 2 aromatic heterocycles. The molecule has 2 aliphatic rings. The van der Waals surface area contributed by atoms with Crippen LogP contribution in [0.4, 0.5) is 14.5 Å². The number of amides is 1. The molecule has 40 heavy (non-hydrogen) atoms. The fraction of sp³-hybridized carbons (Fsp3) is 0.429. The molecule has 3 aromatic rings. The lowest BCUT2D eigenvalue weighted by Gasteiger charge is -2.41. The standard InChI is InChI=1S/C28H31F2N5O3S2/c1-17(15-31)33-27(36)23-14-19(29)4-8-22(23)25-26(39-28(34-25)24-9-5-20(30)16-32-24)18-2-6-21(7-3-18)35-10-12-40(37,38)13-11-35/h2-3,5-7,9,16-17,19,22-23,37-38H,4,8,10-14H2,1H3,(H,33,36)/t17-,19-,22+,23+/m0/s1. The number of nitrogens with zero attached hydrogens (tertiary/aromatic N) is 4. The Labute approximate surface area is 237 Å². The Kier molecular flexibility index (Phi) is 8.37. The first kappa shape index (κ1) is 28.4. The lowest BCUT2D eigenvalue weighted by molar-refractivity contribution is -0.127. The molecule has 0 unspecified atom stereocenters. The molecule has 212 valence electrons. The first-order valence-corrected chi connectivity index (χ1v) is 15.9. The number of carbonyl (C=O) groups is 1. The van der Waals surface area contributed by atoms with E-state index in [1.54, 1.807) is 13.0 Å². The van der Waals surface area contributed by atoms with Gasteiger partial charge in [0.15, 0.2) is 0 Å². The zero-order valence-corrected chi connectivity index (χ0v) is 23.6. The minimum atomic E-state index is -2.50. The Morgan fingerprint density at radius 3 is 2.58 bits per heavy atom. The summed E-state index contributed by atoms with van der Waals surface area (Å²) in [5, 5.41) is 12.5. The summed E-state index contributed by atoms with van der Waals surface area (Å²) in [6.07, 6.45) is 0.781. The highest BCUT2D eigenvalue weighted by Gasteiger charge is 2.39. The van der Waals surface area contributed by atoms with Crippen molar-refractivity contribution in [1.29, 1.82) is 5.26 Å². The fourth-order valence-electron chi connectivity index (χ4n) is 5.30. The predicted octanol–water partition coefficient (Wildman–Crippen LogP) is 5.83. The third-order valence-electron chi connectivity index (χ3n) is 7.50. The van der Waals surface area contributed by atoms with Gasteiger partial charge in [-0.05, 0) is 56.0 Å². The predicted molar refractivity (Wildman–Crippen MR) is 154 cm³/mol. The number of thiazole rings is 1. The van der Waals surface area contributed by atoms with Crippen molar-refractivity contribution in [2.45, 2.75) is 44.3 Å². The molecule has 8 nitrogen and oxygen atoms in total. The van der Waals surface area contributed by atoms with Crippen LogP contribution in [0.15, 0.2) is 42.6 Å². The van der Waals surface area contributed by atoms with Crippen molar-refractivity contribution in [2.75, 3.05) is 29.5 Å². The number of anilines is 1. The lowest BCUT2D eigenvalue weighted by Crippen LogP contribution is -2.41. The smallest absolute Gasteiger partial charge is 0.224 e. The summed E-state index contributed by atoms with van der Waals surface area (Å²) in [6.45, 7) is 2.69. The first-order valence-electron chi connectivity index (χ1n) is 13.2. The number of nitrogens with one attached hydrogen (secondary N) is 1. The van der Waals surface area contributed by atoms with E-state index in [-0.39, 0.29) is 18.2 Å². The van der Waals surface area contributed by atoms with Crippen molar-refractivity contribution in [3.05, 3.63) is 54.1 Å². The Bertz CT molecular complexity index is 1380. The van der Waals surface area contributed by atoms with Crippen molar-refractivity contribution < 1.29 is 22.7 Å². The highest BCUT2D eigenvalue weighted by Crippen LogP contribution is 2.47. The van der Waals surface area contributed by atoms with Gasteiger partial charge < -0.3 is 10.2 Å². The number of aromatic nitrogens is 2. The average Bonchev–Trinajstić information content (AvgIpc) is 3.38. The second-order valence-electron chi connectivity index (χ2n) is 10.3. The summed E-state index contributed by atoms with van der Waals surface area (Å²) in [7, 11) is -2.50. The summed E-state index contributed by atoms with van der Waals surface area (Å²) in [5.74, 6) is -1.21. The van der Waals surface area contributed by atoms with Crippen LogP contribution in [0.2, 0.25) is 0 Å². The second kappa shape index (κ2) is 11.8. The van der Waals surface area contributed by atoms with E-state index in [1.165, 1.54) is 17.4 Å². The number of alkyl halides is 1. The number of pyridine rings is 1. The Balaban J connectivity index is 1.51. The molecule has 2 fully saturated rings. The normalized spacial score (nSPS) is 24.1. The number of rotatable bonds is 6. The Morgan fingerprint density at radius 1 is 1.20 bits per heavy atom. The van der Waals surface area contributed by atoms with Gasteiger partial charge in [0.1, 0.15) is 23.0 Å². The molecular weight excluding hydrogens is 556 g/mol. The van der Waals surface area contributed by atoms with E-state index in [0.717, 1.165) is 22.3 Å². The van der Waals surface area contributed by atoms with Gasteiger partial charge in [0, 0.05) is 30.6 Å². The number of hydrogen-bond donors (Lipinski definition) is 3. The van der Waals surface area contributed by atoms with Crippen LogP contribution in [0, 0.1) is 23.1 Å². The number of nitriles is 1. The number of halogens is 2. The summed E-state index contributed by atoms with van der Waals surface area (Å²) in [4.78, 5) is 25.2. The van der Waals surface area contributed by atoms with Crippen LogP contribution in [-0.2, 0) is 4.79 Å². The first-order chi connectivity index (χ1) is 19.1. The highest BCUT2D eigenvalue weighted by molar-refractivity contribution is 8.24. The van der Waals surface area contributed by atoms with Crippen molar-refractivity contribution in [2.24, 2.45) is 5.92 Å². The summed E-state index contributed by atoms with van der Waals surface area (Å²) in [6, 6.07) is 12.1. The number of carbonyl (C=O) groups excluding carboxylic acids is 1. The van der Waals surface area contributed by atoms with Crippen LogP contribution in [0.1, 0.15) is 37.8 Å². The maximum atomic E-state index is 14.6. The van der Waals surface area contributed by atoms with Gasteiger partial charge in [-0.1, -0.05) is 12.1 Å². The average molecular weight is 588 g/mol. The fourth-order valence-corrected chi connectivity index (χ4v) is 7.65. The second-order valence-corrected chi connectivity index (χ2v) is 13.7. The molecule has 3 N–H and O–H groups in total. The molecule has 1 amide bonds. The van der Waals surface area contributed by atoms with Crippen LogP contribution in [0.25, 0.3) is 21.1 Å². The largest absolute Gasteiger partial charge is 0.368 e. The molecule has 1 aliphatic heterocycles. The van der Waals surface area contributed by atoms with E-state index < -0.39 is 34.5 Å². The van der Waals surface area contributed by atoms with Gasteiger partial charge in [0.05, 0.1) is 40.0 Å². The van der Waals surface area contributed by atoms with Crippen LogP contribution < -0.4 is 10.2 Å². The zero-order valence-electron chi connectivity index (χ0n) is 22.0. The SMILES string of the molecule is C[C@@H](C#N)NC(=O)[C@@H]1C[C@@H](F)CC[C@H]1c1nc(-c2ccc(F)cn2)sc1-c1ccc(N2CCS(O)(O)CC2)cc1. The van der Waals surface area contributed by atoms with Gasteiger partial charge in [0.2, 0.25) is 5.91 Å². The van der Waals surface area contributed by atoms with Gasteiger partial charge in [-0.3, -0.25) is 18.9 Å². The molecule has 1 saturated carbocycles. The van der Waals surface area contributed by atoms with E-state index in [4.69, 9.17) is 4.98 Å². The minimum Gasteiger partial charge on any atom is -0.368 e. The van der Waals surface area contributed by atoms with Crippen LogP contribution in [0.5, 0.6) is 0 Å². The minimum absolute atomic E-state index is 0.0445. The molecule has 3 heterocycles. The Hall–Kier alpha value is -3.11. The van der Waals surface area contributed by atoms with Gasteiger partial charge in [-0.25, -0.2) is 13.8 Å². The zero-order chi connectivity index (χ0) is 28.4. The molecular formula is C28H31F2N5O3S2. The van der Waals surface area contributed by atoms with Crippen molar-refractivity contribution in [3.63, 3.8) is 0 Å². The molecule has 4 atom stereocenters. The van der Waals surface area contributed by atoms with Crippen molar-refractivity contribution in [1.82, 2.24) is 15.3 Å². The molecule has 1 saturated heterocycles. The third kappa shape index (κ3) is 6.28. The van der Waals surface area contributed by atoms with Gasteiger partial charge >= 0.3 is 0 Å². The van der Waals surface area contributed by atoms with E-state index >= 15 is 0 Å². The summed E-state index contributed by atoms with van der Waals surface area (Å²) >= 11 is 1.39. The summed E-state index contributed by atoms with van der Waals surface area (Å²) in [5.41, 5.74) is 3.01. The molecule has 0 radical (unpaired) electrons. The van der Waals surface area contributed by atoms with E-state index in [9.17, 15) is 27.9 Å². The quantitative estimate of drug-likeness (QED) is 0.332. The highest BCUT2D eigenvalue weighted by atomic mass is 32.3.